The van der Waals surface area contributed by atoms with Gasteiger partial charge in [-0.05, 0) is 48.6 Å². The number of nitrogens with one attached hydrogen (secondary N) is 2. The second kappa shape index (κ2) is 6.03. The molecular weight excluding hydrogens is 320 g/mol. The second-order valence-corrected chi connectivity index (χ2v) is 7.07. The van der Waals surface area contributed by atoms with Crippen molar-refractivity contribution in [2.75, 3.05) is 5.32 Å². The highest BCUT2D eigenvalue weighted by molar-refractivity contribution is 6.34. The first-order valence-electron chi connectivity index (χ1n) is 9.19. The monoisotopic (exact) mass is 340 g/mol. The second-order valence-electron chi connectivity index (χ2n) is 7.07. The molecule has 1 unspecified atom stereocenters. The third kappa shape index (κ3) is 2.48. The molecule has 128 valence electrons. The van der Waals surface area contributed by atoms with E-state index in [4.69, 9.17) is 0 Å². The third-order valence-electron chi connectivity index (χ3n) is 5.46. The smallest absolute Gasteiger partial charge is 0.256 e. The summed E-state index contributed by atoms with van der Waals surface area (Å²) < 4.78 is 0. The Morgan fingerprint density at radius 1 is 1.00 bits per heavy atom. The van der Waals surface area contributed by atoms with E-state index in [1.54, 1.807) is 0 Å². The molecule has 0 bridgehead atoms. The Morgan fingerprint density at radius 3 is 2.69 bits per heavy atom. The fourth-order valence-electron chi connectivity index (χ4n) is 4.24. The van der Waals surface area contributed by atoms with Crippen LogP contribution in [0.1, 0.15) is 46.8 Å². The maximum absolute atomic E-state index is 12.4. The summed E-state index contributed by atoms with van der Waals surface area (Å²) in [5.74, 6) is 0.409. The van der Waals surface area contributed by atoms with E-state index in [0.717, 1.165) is 28.9 Å². The number of H-pyrrole nitrogens is 1. The van der Waals surface area contributed by atoms with Crippen LogP contribution in [0.3, 0.4) is 0 Å². The number of aryl methyl sites for hydroxylation is 1. The highest BCUT2D eigenvalue weighted by Gasteiger charge is 2.26. The molecule has 0 fully saturated rings. The van der Waals surface area contributed by atoms with Crippen LogP contribution in [0.5, 0.6) is 0 Å². The summed E-state index contributed by atoms with van der Waals surface area (Å²) in [6.45, 7) is 0. The summed E-state index contributed by atoms with van der Waals surface area (Å²) in [6.07, 6.45) is 5.42. The van der Waals surface area contributed by atoms with E-state index in [1.807, 2.05) is 30.3 Å². The first-order valence-corrected chi connectivity index (χ1v) is 9.19. The number of para-hydroxylation sites is 1. The maximum atomic E-state index is 12.4. The molecule has 26 heavy (non-hydrogen) atoms. The summed E-state index contributed by atoms with van der Waals surface area (Å²) in [5.41, 5.74) is 7.67. The fourth-order valence-corrected chi connectivity index (χ4v) is 4.24. The normalized spacial score (nSPS) is 19.9. The van der Waals surface area contributed by atoms with E-state index < -0.39 is 0 Å². The number of benzene rings is 2. The topological polar surface area (TPSA) is 44.9 Å². The van der Waals surface area contributed by atoms with Crippen LogP contribution in [-0.2, 0) is 11.2 Å². The van der Waals surface area contributed by atoms with Crippen molar-refractivity contribution < 1.29 is 4.79 Å². The number of amides is 1. The van der Waals surface area contributed by atoms with Gasteiger partial charge in [-0.2, -0.15) is 0 Å². The molecule has 0 saturated carbocycles. The van der Waals surface area contributed by atoms with Crippen LogP contribution in [0, 0.1) is 0 Å². The van der Waals surface area contributed by atoms with Crippen LogP contribution >= 0.6 is 0 Å². The molecule has 0 spiro atoms. The Labute approximate surface area is 152 Å². The Balaban J connectivity index is 1.55. The molecule has 1 aliphatic carbocycles. The summed E-state index contributed by atoms with van der Waals surface area (Å²) in [4.78, 5) is 15.9. The summed E-state index contributed by atoms with van der Waals surface area (Å²) in [5, 5.41) is 2.94. The number of rotatable bonds is 2. The Hall–Kier alpha value is -3.07. The summed E-state index contributed by atoms with van der Waals surface area (Å²) in [7, 11) is 0. The zero-order chi connectivity index (χ0) is 17.5. The first kappa shape index (κ1) is 15.2. The van der Waals surface area contributed by atoms with Gasteiger partial charge in [-0.15, -0.1) is 0 Å². The van der Waals surface area contributed by atoms with E-state index in [0.29, 0.717) is 5.92 Å². The molecule has 1 amide bonds. The average Bonchev–Trinajstić information content (AvgIpc) is 3.23. The lowest BCUT2D eigenvalue weighted by molar-refractivity contribution is -0.110. The highest BCUT2D eigenvalue weighted by Crippen LogP contribution is 2.38. The van der Waals surface area contributed by atoms with Crippen molar-refractivity contribution in [3.63, 3.8) is 0 Å². The number of hydrogen-bond acceptors (Lipinski definition) is 1. The number of anilines is 1. The van der Waals surface area contributed by atoms with Crippen molar-refractivity contribution in [3.8, 4) is 0 Å². The molecule has 2 heterocycles. The lowest BCUT2D eigenvalue weighted by atomic mass is 9.82. The molecule has 1 aliphatic heterocycles. The standard InChI is InChI=1S/C23H20N2O/c26-23-20(18-9-4-5-11-21(18)25-23)14-16-13-19-17(10-6-12-22(19)24-16)15-7-2-1-3-8-15/h1-5,7-9,11,13-14,17,24H,6,10,12H2,(H,25,26). The van der Waals surface area contributed by atoms with Crippen LogP contribution in [0.25, 0.3) is 11.6 Å². The zero-order valence-electron chi connectivity index (χ0n) is 14.5. The lowest BCUT2D eigenvalue weighted by Gasteiger charge is -2.22. The van der Waals surface area contributed by atoms with Crippen LogP contribution in [-0.4, -0.2) is 10.9 Å². The van der Waals surface area contributed by atoms with E-state index in [2.05, 4.69) is 46.7 Å². The molecule has 0 saturated heterocycles. The molecule has 3 heteroatoms. The van der Waals surface area contributed by atoms with Crippen molar-refractivity contribution in [1.29, 1.82) is 0 Å². The highest BCUT2D eigenvalue weighted by atomic mass is 16.2. The van der Waals surface area contributed by atoms with Gasteiger partial charge in [-0.3, -0.25) is 4.79 Å². The quantitative estimate of drug-likeness (QED) is 0.635. The third-order valence-corrected chi connectivity index (χ3v) is 5.46. The minimum Gasteiger partial charge on any atom is -0.359 e. The minimum atomic E-state index is -0.0293. The number of aromatic nitrogens is 1. The van der Waals surface area contributed by atoms with Gasteiger partial charge >= 0.3 is 0 Å². The molecular formula is C23H20N2O. The van der Waals surface area contributed by atoms with Gasteiger partial charge in [0.1, 0.15) is 0 Å². The zero-order valence-corrected chi connectivity index (χ0v) is 14.5. The minimum absolute atomic E-state index is 0.0293. The van der Waals surface area contributed by atoms with Gasteiger partial charge in [-0.25, -0.2) is 0 Å². The predicted molar refractivity (Wildman–Crippen MR) is 105 cm³/mol. The predicted octanol–water partition coefficient (Wildman–Crippen LogP) is 4.98. The molecule has 2 aromatic carbocycles. The number of carbonyl (C=O) groups is 1. The molecule has 3 nitrogen and oxygen atoms in total. The van der Waals surface area contributed by atoms with Gasteiger partial charge in [0.25, 0.3) is 5.91 Å². The Kier molecular flexibility index (Phi) is 3.52. The van der Waals surface area contributed by atoms with Gasteiger partial charge < -0.3 is 10.3 Å². The van der Waals surface area contributed by atoms with Crippen molar-refractivity contribution in [2.24, 2.45) is 0 Å². The van der Waals surface area contributed by atoms with Gasteiger partial charge in [0, 0.05) is 28.6 Å². The van der Waals surface area contributed by atoms with E-state index in [9.17, 15) is 4.79 Å². The summed E-state index contributed by atoms with van der Waals surface area (Å²) >= 11 is 0. The van der Waals surface area contributed by atoms with Crippen LogP contribution in [0.4, 0.5) is 5.69 Å². The molecule has 2 aliphatic rings. The maximum Gasteiger partial charge on any atom is 0.256 e. The summed E-state index contributed by atoms with van der Waals surface area (Å²) in [6, 6.07) is 20.8. The van der Waals surface area contributed by atoms with Gasteiger partial charge in [0.2, 0.25) is 0 Å². The largest absolute Gasteiger partial charge is 0.359 e. The average molecular weight is 340 g/mol. The van der Waals surface area contributed by atoms with Gasteiger partial charge in [0.15, 0.2) is 0 Å². The fraction of sp³-hybridized carbons (Fsp3) is 0.174. The van der Waals surface area contributed by atoms with Crippen LogP contribution in [0.15, 0.2) is 60.7 Å². The Morgan fingerprint density at radius 2 is 1.81 bits per heavy atom. The van der Waals surface area contributed by atoms with E-state index >= 15 is 0 Å². The number of hydrogen-bond donors (Lipinski definition) is 2. The lowest BCUT2D eigenvalue weighted by Crippen LogP contribution is -2.09. The molecule has 5 rings (SSSR count). The van der Waals surface area contributed by atoms with E-state index in [-0.39, 0.29) is 5.91 Å². The van der Waals surface area contributed by atoms with Gasteiger partial charge in [0.05, 0.1) is 5.57 Å². The number of fused-ring (bicyclic) bond motifs is 2. The van der Waals surface area contributed by atoms with Gasteiger partial charge in [-0.1, -0.05) is 48.5 Å². The van der Waals surface area contributed by atoms with E-state index in [1.165, 1.54) is 29.7 Å². The molecule has 1 atom stereocenters. The van der Waals surface area contributed by atoms with Crippen molar-refractivity contribution in [2.45, 2.75) is 25.2 Å². The van der Waals surface area contributed by atoms with Crippen LogP contribution in [0.2, 0.25) is 0 Å². The molecule has 1 aromatic heterocycles. The molecule has 3 aromatic rings. The van der Waals surface area contributed by atoms with Crippen molar-refractivity contribution in [3.05, 3.63) is 88.7 Å². The van der Waals surface area contributed by atoms with Crippen molar-refractivity contribution in [1.82, 2.24) is 4.98 Å². The Bertz CT molecular complexity index is 1010. The van der Waals surface area contributed by atoms with Crippen molar-refractivity contribution >= 4 is 23.2 Å². The van der Waals surface area contributed by atoms with Crippen LogP contribution < -0.4 is 5.32 Å². The number of carbonyl (C=O) groups excluding carboxylic acids is 1. The first-order chi connectivity index (χ1) is 12.8. The SMILES string of the molecule is O=C1Nc2ccccc2C1=Cc1cc2c([nH]1)CCCC2c1ccccc1. The molecule has 0 radical (unpaired) electrons. The number of aromatic amines is 1. The molecule has 2 N–H and O–H groups in total.